The number of halogens is 1. The Morgan fingerprint density at radius 1 is 1.22 bits per heavy atom. The second-order valence-corrected chi connectivity index (χ2v) is 5.35. The highest BCUT2D eigenvalue weighted by molar-refractivity contribution is 7.15. The number of fused-ring (bicyclic) bond motifs is 1. The van der Waals surface area contributed by atoms with Gasteiger partial charge in [-0.1, -0.05) is 11.6 Å². The highest BCUT2D eigenvalue weighted by atomic mass is 35.5. The fourth-order valence-electron chi connectivity index (χ4n) is 1.84. The molecular formula is C13H10ClN3S. The molecule has 0 bridgehead atoms. The molecule has 0 atom stereocenters. The maximum Gasteiger partial charge on any atom is 0.125 e. The maximum atomic E-state index is 6.17. The lowest BCUT2D eigenvalue weighted by atomic mass is 10.1. The molecule has 0 radical (unpaired) electrons. The van der Waals surface area contributed by atoms with Gasteiger partial charge >= 0.3 is 0 Å². The van der Waals surface area contributed by atoms with E-state index in [-0.39, 0.29) is 0 Å². The summed E-state index contributed by atoms with van der Waals surface area (Å²) in [5.74, 6) is 0. The molecule has 0 aliphatic rings. The van der Waals surface area contributed by atoms with Crippen LogP contribution in [0.1, 0.15) is 4.88 Å². The highest BCUT2D eigenvalue weighted by Gasteiger charge is 2.10. The number of nitrogens with two attached hydrogens (primary N) is 1. The average Bonchev–Trinajstić information content (AvgIpc) is 2.88. The van der Waals surface area contributed by atoms with Gasteiger partial charge in [0.25, 0.3) is 0 Å². The fraction of sp³-hybridized carbons (Fsp3) is 0.0769. The van der Waals surface area contributed by atoms with Crippen LogP contribution in [0.5, 0.6) is 0 Å². The lowest BCUT2D eigenvalue weighted by Crippen LogP contribution is -1.91. The Bertz CT molecular complexity index is 708. The van der Waals surface area contributed by atoms with Crippen LogP contribution in [-0.4, -0.2) is 9.97 Å². The standard InChI is InChI=1S/C13H10ClN3S/c14-11-4-3-10(12-9(11)2-1-5-16-12)13-17-7-8(6-15)18-13/h1-5,7H,6,15H2. The quantitative estimate of drug-likeness (QED) is 0.779. The summed E-state index contributed by atoms with van der Waals surface area (Å²) in [6.07, 6.45) is 3.57. The zero-order valence-corrected chi connectivity index (χ0v) is 11.0. The zero-order valence-electron chi connectivity index (χ0n) is 9.43. The summed E-state index contributed by atoms with van der Waals surface area (Å²) in [6, 6.07) is 7.68. The molecule has 0 unspecified atom stereocenters. The van der Waals surface area contributed by atoms with E-state index in [0.717, 1.165) is 26.4 Å². The second-order valence-electron chi connectivity index (χ2n) is 3.83. The lowest BCUT2D eigenvalue weighted by molar-refractivity contribution is 1.10. The van der Waals surface area contributed by atoms with E-state index < -0.39 is 0 Å². The highest BCUT2D eigenvalue weighted by Crippen LogP contribution is 2.33. The molecule has 5 heteroatoms. The predicted molar refractivity (Wildman–Crippen MR) is 75.8 cm³/mol. The Balaban J connectivity index is 2.26. The summed E-state index contributed by atoms with van der Waals surface area (Å²) in [5, 5.41) is 2.58. The van der Waals surface area contributed by atoms with E-state index in [2.05, 4.69) is 9.97 Å². The summed E-state index contributed by atoms with van der Waals surface area (Å²) in [7, 11) is 0. The van der Waals surface area contributed by atoms with Gasteiger partial charge in [-0.3, -0.25) is 4.98 Å². The molecule has 0 fully saturated rings. The number of benzene rings is 1. The molecule has 3 aromatic rings. The van der Waals surface area contributed by atoms with E-state index in [0.29, 0.717) is 11.6 Å². The smallest absolute Gasteiger partial charge is 0.125 e. The number of aromatic nitrogens is 2. The molecule has 0 aliphatic heterocycles. The van der Waals surface area contributed by atoms with E-state index in [1.807, 2.05) is 30.5 Å². The van der Waals surface area contributed by atoms with Gasteiger partial charge in [0.2, 0.25) is 0 Å². The van der Waals surface area contributed by atoms with Crippen LogP contribution in [0.15, 0.2) is 36.7 Å². The Hall–Kier alpha value is -1.49. The van der Waals surface area contributed by atoms with Crippen molar-refractivity contribution in [2.24, 2.45) is 5.73 Å². The summed E-state index contributed by atoms with van der Waals surface area (Å²) in [6.45, 7) is 0.511. The summed E-state index contributed by atoms with van der Waals surface area (Å²) < 4.78 is 0. The van der Waals surface area contributed by atoms with Gasteiger partial charge in [-0.25, -0.2) is 4.98 Å². The minimum Gasteiger partial charge on any atom is -0.326 e. The van der Waals surface area contributed by atoms with Gasteiger partial charge in [-0.2, -0.15) is 0 Å². The summed E-state index contributed by atoms with van der Waals surface area (Å²) in [4.78, 5) is 9.86. The molecule has 2 N–H and O–H groups in total. The molecule has 2 heterocycles. The van der Waals surface area contributed by atoms with Crippen LogP contribution in [0.25, 0.3) is 21.5 Å². The van der Waals surface area contributed by atoms with Crippen LogP contribution in [-0.2, 0) is 6.54 Å². The molecule has 2 aromatic heterocycles. The van der Waals surface area contributed by atoms with Crippen molar-refractivity contribution in [3.63, 3.8) is 0 Å². The van der Waals surface area contributed by atoms with Gasteiger partial charge < -0.3 is 5.73 Å². The number of thiazole rings is 1. The van der Waals surface area contributed by atoms with Gasteiger partial charge in [0, 0.05) is 34.8 Å². The molecular weight excluding hydrogens is 266 g/mol. The van der Waals surface area contributed by atoms with Crippen LogP contribution < -0.4 is 5.73 Å². The van der Waals surface area contributed by atoms with E-state index in [9.17, 15) is 0 Å². The van der Waals surface area contributed by atoms with E-state index in [4.69, 9.17) is 17.3 Å². The van der Waals surface area contributed by atoms with Crippen molar-refractivity contribution in [3.8, 4) is 10.6 Å². The van der Waals surface area contributed by atoms with Crippen molar-refractivity contribution in [2.45, 2.75) is 6.54 Å². The molecule has 3 nitrogen and oxygen atoms in total. The molecule has 90 valence electrons. The number of hydrogen-bond acceptors (Lipinski definition) is 4. The van der Waals surface area contributed by atoms with Gasteiger partial charge in [0.05, 0.1) is 10.5 Å². The minimum absolute atomic E-state index is 0.511. The third-order valence-electron chi connectivity index (χ3n) is 2.70. The molecule has 3 rings (SSSR count). The zero-order chi connectivity index (χ0) is 12.5. The Morgan fingerprint density at radius 3 is 2.89 bits per heavy atom. The van der Waals surface area contributed by atoms with Crippen LogP contribution in [0.3, 0.4) is 0 Å². The Labute approximate surface area is 113 Å². The molecule has 0 saturated carbocycles. The van der Waals surface area contributed by atoms with Gasteiger partial charge in [-0.05, 0) is 24.3 Å². The summed E-state index contributed by atoms with van der Waals surface area (Å²) >= 11 is 7.76. The van der Waals surface area contributed by atoms with Crippen LogP contribution in [0.4, 0.5) is 0 Å². The average molecular weight is 276 g/mol. The fourth-order valence-corrected chi connectivity index (χ4v) is 2.87. The van der Waals surface area contributed by atoms with E-state index in [1.165, 1.54) is 0 Å². The third kappa shape index (κ3) is 1.88. The first-order valence-corrected chi connectivity index (χ1v) is 6.67. The van der Waals surface area contributed by atoms with Crippen molar-refractivity contribution in [2.75, 3.05) is 0 Å². The number of hydrogen-bond donors (Lipinski definition) is 1. The predicted octanol–water partition coefficient (Wildman–Crippen LogP) is 3.47. The van der Waals surface area contributed by atoms with Crippen LogP contribution >= 0.6 is 22.9 Å². The first-order chi connectivity index (χ1) is 8.79. The van der Waals surface area contributed by atoms with Crippen molar-refractivity contribution < 1.29 is 0 Å². The molecule has 1 aromatic carbocycles. The molecule has 0 amide bonds. The maximum absolute atomic E-state index is 6.17. The third-order valence-corrected chi connectivity index (χ3v) is 4.08. The molecule has 0 saturated heterocycles. The van der Waals surface area contributed by atoms with Gasteiger partial charge in [0.1, 0.15) is 5.01 Å². The van der Waals surface area contributed by atoms with E-state index >= 15 is 0 Å². The topological polar surface area (TPSA) is 51.8 Å². The Kier molecular flexibility index (Phi) is 2.99. The van der Waals surface area contributed by atoms with Crippen molar-refractivity contribution in [1.82, 2.24) is 9.97 Å². The normalized spacial score (nSPS) is 11.0. The van der Waals surface area contributed by atoms with E-state index in [1.54, 1.807) is 17.5 Å². The van der Waals surface area contributed by atoms with Crippen LogP contribution in [0, 0.1) is 0 Å². The molecule has 0 aliphatic carbocycles. The van der Waals surface area contributed by atoms with Crippen LogP contribution in [0.2, 0.25) is 5.02 Å². The SMILES string of the molecule is NCc1cnc(-c2ccc(Cl)c3cccnc23)s1. The monoisotopic (exact) mass is 275 g/mol. The van der Waals surface area contributed by atoms with Crippen molar-refractivity contribution in [1.29, 1.82) is 0 Å². The number of pyridine rings is 1. The first kappa shape index (κ1) is 11.6. The molecule has 0 spiro atoms. The minimum atomic E-state index is 0.511. The largest absolute Gasteiger partial charge is 0.326 e. The summed E-state index contributed by atoms with van der Waals surface area (Å²) in [5.41, 5.74) is 7.49. The molecule has 18 heavy (non-hydrogen) atoms. The first-order valence-electron chi connectivity index (χ1n) is 5.48. The van der Waals surface area contributed by atoms with Gasteiger partial charge in [0.15, 0.2) is 0 Å². The van der Waals surface area contributed by atoms with Crippen molar-refractivity contribution in [3.05, 3.63) is 46.6 Å². The van der Waals surface area contributed by atoms with Crippen molar-refractivity contribution >= 4 is 33.8 Å². The second kappa shape index (κ2) is 4.65. The number of rotatable bonds is 2. The lowest BCUT2D eigenvalue weighted by Gasteiger charge is -2.04. The van der Waals surface area contributed by atoms with Gasteiger partial charge in [-0.15, -0.1) is 11.3 Å². The number of nitrogens with zero attached hydrogens (tertiary/aromatic N) is 2. The Morgan fingerprint density at radius 2 is 2.11 bits per heavy atom.